The molecule has 4 rings (SSSR count). The summed E-state index contributed by atoms with van der Waals surface area (Å²) in [4.78, 5) is 8.43. The van der Waals surface area contributed by atoms with Gasteiger partial charge in [0.1, 0.15) is 12.1 Å². The Balaban J connectivity index is 1.71. The summed E-state index contributed by atoms with van der Waals surface area (Å²) in [5, 5.41) is 14.8. The zero-order valence-corrected chi connectivity index (χ0v) is 17.2. The molecule has 3 N–H and O–H groups in total. The summed E-state index contributed by atoms with van der Waals surface area (Å²) in [6.07, 6.45) is 0.103. The largest absolute Gasteiger partial charge is 0.416 e. The Morgan fingerprint density at radius 2 is 1.69 bits per heavy atom. The number of rotatable bonds is 5. The Morgan fingerprint density at radius 1 is 1.00 bits per heavy atom. The molecule has 0 aliphatic carbocycles. The van der Waals surface area contributed by atoms with Crippen molar-refractivity contribution in [1.29, 1.82) is 0 Å². The number of aliphatic hydroxyl groups excluding tert-OH is 1. The lowest BCUT2D eigenvalue weighted by molar-refractivity contribution is -0.137. The van der Waals surface area contributed by atoms with Crippen molar-refractivity contribution in [2.45, 2.75) is 12.2 Å². The van der Waals surface area contributed by atoms with Crippen molar-refractivity contribution in [3.63, 3.8) is 0 Å². The van der Waals surface area contributed by atoms with Gasteiger partial charge in [0.25, 0.3) is 0 Å². The number of hydrogen-bond acceptors (Lipinski definition) is 5. The predicted molar refractivity (Wildman–Crippen MR) is 115 cm³/mol. The van der Waals surface area contributed by atoms with Gasteiger partial charge < -0.3 is 10.8 Å². The molecule has 6 nitrogen and oxygen atoms in total. The molecule has 4 aromatic rings. The highest BCUT2D eigenvalue weighted by Crippen LogP contribution is 2.35. The summed E-state index contributed by atoms with van der Waals surface area (Å²) in [7, 11) is 0. The number of aromatic nitrogens is 4. The molecule has 164 valence electrons. The van der Waals surface area contributed by atoms with E-state index in [-0.39, 0.29) is 12.4 Å². The minimum atomic E-state index is -4.43. The highest BCUT2D eigenvalue weighted by molar-refractivity contribution is 6.30. The first kappa shape index (κ1) is 21.8. The Kier molecular flexibility index (Phi) is 5.86. The molecule has 0 fully saturated rings. The normalized spacial score (nSPS) is 12.7. The fourth-order valence-corrected chi connectivity index (χ4v) is 3.51. The molecule has 0 aliphatic rings. The van der Waals surface area contributed by atoms with E-state index in [1.807, 2.05) is 0 Å². The summed E-state index contributed by atoms with van der Waals surface area (Å²) in [5.74, 6) is 0.270. The van der Waals surface area contributed by atoms with Gasteiger partial charge in [-0.3, -0.25) is 4.68 Å². The van der Waals surface area contributed by atoms with Gasteiger partial charge >= 0.3 is 6.18 Å². The third-order valence-electron chi connectivity index (χ3n) is 5.00. The molecule has 0 saturated heterocycles. The molecule has 2 aromatic carbocycles. The van der Waals surface area contributed by atoms with Crippen LogP contribution >= 0.6 is 11.6 Å². The van der Waals surface area contributed by atoms with E-state index in [0.717, 1.165) is 17.7 Å². The van der Waals surface area contributed by atoms with Crippen LogP contribution in [0.3, 0.4) is 0 Å². The standard InChI is InChI=1S/C22H17ClF3N5O/c23-17-7-3-14(4-8-17)19-20(28-12-29-21(19)27)15-9-30-31(10-15)18(11-32)13-1-5-16(6-2-13)22(24,25)26/h1-10,12,18,32H,11H2,(H2,27,28,29). The summed E-state index contributed by atoms with van der Waals surface area (Å²) in [6, 6.07) is 11.0. The van der Waals surface area contributed by atoms with Gasteiger partial charge in [-0.2, -0.15) is 18.3 Å². The van der Waals surface area contributed by atoms with Gasteiger partial charge in [-0.05, 0) is 35.4 Å². The van der Waals surface area contributed by atoms with Crippen LogP contribution in [0, 0.1) is 0 Å². The molecular formula is C22H17ClF3N5O. The average molecular weight is 460 g/mol. The van der Waals surface area contributed by atoms with E-state index in [0.29, 0.717) is 27.4 Å². The van der Waals surface area contributed by atoms with Crippen molar-refractivity contribution in [3.8, 4) is 22.4 Å². The van der Waals surface area contributed by atoms with Gasteiger partial charge in [0.05, 0.1) is 35.7 Å². The van der Waals surface area contributed by atoms with E-state index >= 15 is 0 Å². The molecule has 2 aromatic heterocycles. The summed E-state index contributed by atoms with van der Waals surface area (Å²) >= 11 is 5.98. The van der Waals surface area contributed by atoms with Crippen molar-refractivity contribution in [2.24, 2.45) is 0 Å². The number of aliphatic hydroxyl groups is 1. The van der Waals surface area contributed by atoms with Crippen molar-refractivity contribution in [1.82, 2.24) is 19.7 Å². The zero-order valence-electron chi connectivity index (χ0n) is 16.5. The fourth-order valence-electron chi connectivity index (χ4n) is 3.39. The maximum absolute atomic E-state index is 12.9. The smallest absolute Gasteiger partial charge is 0.394 e. The van der Waals surface area contributed by atoms with Crippen LogP contribution in [0.2, 0.25) is 5.02 Å². The van der Waals surface area contributed by atoms with Gasteiger partial charge in [-0.1, -0.05) is 35.9 Å². The Morgan fingerprint density at radius 3 is 2.31 bits per heavy atom. The van der Waals surface area contributed by atoms with Crippen molar-refractivity contribution in [2.75, 3.05) is 12.3 Å². The first-order valence-electron chi connectivity index (χ1n) is 9.47. The second-order valence-electron chi connectivity index (χ2n) is 7.02. The van der Waals surface area contributed by atoms with E-state index in [4.69, 9.17) is 17.3 Å². The highest BCUT2D eigenvalue weighted by Gasteiger charge is 2.30. The van der Waals surface area contributed by atoms with Crippen LogP contribution in [0.15, 0.2) is 67.3 Å². The lowest BCUT2D eigenvalue weighted by atomic mass is 10.0. The molecule has 10 heteroatoms. The first-order valence-corrected chi connectivity index (χ1v) is 9.84. The maximum Gasteiger partial charge on any atom is 0.416 e. The maximum atomic E-state index is 12.9. The molecule has 0 saturated carbocycles. The molecule has 0 aliphatic heterocycles. The summed E-state index contributed by atoms with van der Waals surface area (Å²) < 4.78 is 40.0. The molecule has 0 spiro atoms. The van der Waals surface area contributed by atoms with E-state index in [1.54, 1.807) is 36.7 Å². The van der Waals surface area contributed by atoms with Gasteiger partial charge in [-0.25, -0.2) is 9.97 Å². The molecule has 0 radical (unpaired) electrons. The van der Waals surface area contributed by atoms with Crippen LogP contribution in [-0.2, 0) is 6.18 Å². The number of nitrogens with zero attached hydrogens (tertiary/aromatic N) is 4. The predicted octanol–water partition coefficient (Wildman–Crippen LogP) is 4.84. The van der Waals surface area contributed by atoms with Crippen LogP contribution in [0.1, 0.15) is 17.2 Å². The fraction of sp³-hybridized carbons (Fsp3) is 0.136. The number of anilines is 1. The second-order valence-corrected chi connectivity index (χ2v) is 7.45. The van der Waals surface area contributed by atoms with Crippen LogP contribution < -0.4 is 5.73 Å². The topological polar surface area (TPSA) is 89.9 Å². The van der Waals surface area contributed by atoms with Crippen molar-refractivity contribution in [3.05, 3.63) is 83.4 Å². The van der Waals surface area contributed by atoms with Crippen LogP contribution in [0.4, 0.5) is 19.0 Å². The Labute approximate surface area is 186 Å². The molecule has 0 bridgehead atoms. The molecule has 0 amide bonds. The number of nitrogen functional groups attached to an aromatic ring is 1. The third-order valence-corrected chi connectivity index (χ3v) is 5.25. The summed E-state index contributed by atoms with van der Waals surface area (Å²) in [5.41, 5.74) is 8.33. The minimum Gasteiger partial charge on any atom is -0.394 e. The lowest BCUT2D eigenvalue weighted by Gasteiger charge is -2.16. The lowest BCUT2D eigenvalue weighted by Crippen LogP contribution is -2.15. The number of nitrogens with two attached hydrogens (primary N) is 1. The van der Waals surface area contributed by atoms with Gasteiger partial charge in [-0.15, -0.1) is 0 Å². The van der Waals surface area contributed by atoms with Gasteiger partial charge in [0.2, 0.25) is 0 Å². The molecule has 1 atom stereocenters. The van der Waals surface area contributed by atoms with E-state index < -0.39 is 17.8 Å². The second kappa shape index (κ2) is 8.60. The first-order chi connectivity index (χ1) is 15.3. The van der Waals surface area contributed by atoms with Crippen molar-refractivity contribution >= 4 is 17.4 Å². The third kappa shape index (κ3) is 4.30. The molecule has 2 heterocycles. The molecular weight excluding hydrogens is 443 g/mol. The minimum absolute atomic E-state index is 0.270. The number of benzene rings is 2. The quantitative estimate of drug-likeness (QED) is 0.445. The Hall–Kier alpha value is -3.43. The van der Waals surface area contributed by atoms with E-state index in [9.17, 15) is 18.3 Å². The monoisotopic (exact) mass is 459 g/mol. The number of halogens is 4. The van der Waals surface area contributed by atoms with Crippen LogP contribution in [0.5, 0.6) is 0 Å². The van der Waals surface area contributed by atoms with Gasteiger partial charge in [0, 0.05) is 16.8 Å². The highest BCUT2D eigenvalue weighted by atomic mass is 35.5. The zero-order chi connectivity index (χ0) is 22.9. The molecule has 32 heavy (non-hydrogen) atoms. The van der Waals surface area contributed by atoms with Crippen LogP contribution in [0.25, 0.3) is 22.4 Å². The van der Waals surface area contributed by atoms with E-state index in [1.165, 1.54) is 23.1 Å². The van der Waals surface area contributed by atoms with E-state index in [2.05, 4.69) is 15.1 Å². The molecule has 1 unspecified atom stereocenters. The summed E-state index contributed by atoms with van der Waals surface area (Å²) in [6.45, 7) is -0.359. The number of alkyl halides is 3. The number of hydrogen-bond donors (Lipinski definition) is 2. The Bertz CT molecular complexity index is 1220. The van der Waals surface area contributed by atoms with Crippen molar-refractivity contribution < 1.29 is 18.3 Å². The van der Waals surface area contributed by atoms with Gasteiger partial charge in [0.15, 0.2) is 0 Å². The van der Waals surface area contributed by atoms with Crippen LogP contribution in [-0.4, -0.2) is 31.5 Å². The SMILES string of the molecule is Nc1ncnc(-c2cnn(C(CO)c3ccc(C(F)(F)F)cc3)c2)c1-c1ccc(Cl)cc1. The average Bonchev–Trinajstić information content (AvgIpc) is 3.24.